The lowest BCUT2D eigenvalue weighted by atomic mass is 10.1. The van der Waals surface area contributed by atoms with Crippen LogP contribution in [0.5, 0.6) is 0 Å². The molecule has 1 aromatic rings. The van der Waals surface area contributed by atoms with Gasteiger partial charge in [0.05, 0.1) is 6.20 Å². The first-order valence-corrected chi connectivity index (χ1v) is 4.37. The highest BCUT2D eigenvalue weighted by Gasteiger charge is 2.14. The molecule has 0 aliphatic carbocycles. The van der Waals surface area contributed by atoms with Gasteiger partial charge < -0.3 is 11.5 Å². The van der Waals surface area contributed by atoms with Crippen molar-refractivity contribution in [3.63, 3.8) is 0 Å². The van der Waals surface area contributed by atoms with Gasteiger partial charge >= 0.3 is 0 Å². The molecule has 1 unspecified atom stereocenters. The summed E-state index contributed by atoms with van der Waals surface area (Å²) in [6, 6.07) is 1.35. The van der Waals surface area contributed by atoms with Gasteiger partial charge in [-0.05, 0) is 20.0 Å². The van der Waals surface area contributed by atoms with Crippen molar-refractivity contribution in [2.75, 3.05) is 19.5 Å². The van der Waals surface area contributed by atoms with Crippen molar-refractivity contribution in [3.05, 3.63) is 23.6 Å². The average Bonchev–Trinajstić information content (AvgIpc) is 2.19. The van der Waals surface area contributed by atoms with E-state index in [4.69, 9.17) is 11.5 Å². The zero-order chi connectivity index (χ0) is 10.7. The molecule has 0 amide bonds. The largest absolute Gasteiger partial charge is 0.383 e. The second-order valence-electron chi connectivity index (χ2n) is 3.24. The van der Waals surface area contributed by atoms with E-state index in [1.807, 2.05) is 18.9 Å². The second-order valence-corrected chi connectivity index (χ2v) is 3.24. The molecule has 0 spiro atoms. The van der Waals surface area contributed by atoms with Crippen molar-refractivity contribution < 1.29 is 4.39 Å². The number of nitrogens with zero attached hydrogens (tertiary/aromatic N) is 2. The Morgan fingerprint density at radius 1 is 1.64 bits per heavy atom. The summed E-state index contributed by atoms with van der Waals surface area (Å²) in [5.41, 5.74) is 11.8. The van der Waals surface area contributed by atoms with E-state index in [2.05, 4.69) is 4.98 Å². The zero-order valence-corrected chi connectivity index (χ0v) is 8.37. The van der Waals surface area contributed by atoms with E-state index < -0.39 is 0 Å². The van der Waals surface area contributed by atoms with Gasteiger partial charge in [0.15, 0.2) is 0 Å². The maximum Gasteiger partial charge on any atom is 0.141 e. The number of anilines is 1. The molecule has 1 heterocycles. The van der Waals surface area contributed by atoms with Gasteiger partial charge in [0.1, 0.15) is 11.6 Å². The lowest BCUT2D eigenvalue weighted by Gasteiger charge is -2.23. The second kappa shape index (κ2) is 4.34. The molecule has 0 bridgehead atoms. The van der Waals surface area contributed by atoms with Crippen molar-refractivity contribution in [1.82, 2.24) is 9.88 Å². The molecule has 1 aromatic heterocycles. The van der Waals surface area contributed by atoms with E-state index in [-0.39, 0.29) is 11.9 Å². The molecular formula is C9H15FN4. The third-order valence-corrected chi connectivity index (χ3v) is 2.32. The van der Waals surface area contributed by atoms with Gasteiger partial charge in [-0.3, -0.25) is 4.90 Å². The van der Waals surface area contributed by atoms with Crippen LogP contribution in [0.25, 0.3) is 0 Å². The quantitative estimate of drug-likeness (QED) is 0.702. The average molecular weight is 198 g/mol. The fourth-order valence-corrected chi connectivity index (χ4v) is 1.20. The smallest absolute Gasteiger partial charge is 0.141 e. The first-order chi connectivity index (χ1) is 6.56. The Labute approximate surface area is 82.7 Å². The van der Waals surface area contributed by atoms with Gasteiger partial charge in [0, 0.05) is 18.3 Å². The molecule has 14 heavy (non-hydrogen) atoms. The van der Waals surface area contributed by atoms with E-state index in [9.17, 15) is 4.39 Å². The Bertz CT molecular complexity index is 316. The molecule has 0 aromatic carbocycles. The van der Waals surface area contributed by atoms with Crippen LogP contribution in [0.1, 0.15) is 18.5 Å². The maximum atomic E-state index is 12.9. The highest BCUT2D eigenvalue weighted by Crippen LogP contribution is 2.22. The predicted octanol–water partition coefficient (Wildman–Crippen LogP) is 0.712. The maximum absolute atomic E-state index is 12.9. The summed E-state index contributed by atoms with van der Waals surface area (Å²) in [4.78, 5) is 5.61. The highest BCUT2D eigenvalue weighted by atomic mass is 19.1. The summed E-state index contributed by atoms with van der Waals surface area (Å²) in [6.07, 6.45) is 1.11. The number of hydrogen-bond donors (Lipinski definition) is 2. The highest BCUT2D eigenvalue weighted by molar-refractivity contribution is 5.40. The number of nitrogen functional groups attached to an aromatic ring is 1. The van der Waals surface area contributed by atoms with Crippen molar-refractivity contribution in [3.8, 4) is 0 Å². The third kappa shape index (κ3) is 2.18. The summed E-state index contributed by atoms with van der Waals surface area (Å²) >= 11 is 0. The third-order valence-electron chi connectivity index (χ3n) is 2.32. The molecule has 0 fully saturated rings. The standard InChI is InChI=1S/C9H15FN4/c1-6(14(2)5-11)8-3-7(10)4-13-9(8)12/h3-4,6H,5,11H2,1-2H3,(H2,12,13). The van der Waals surface area contributed by atoms with Gasteiger partial charge in [-0.25, -0.2) is 9.37 Å². The van der Waals surface area contributed by atoms with Gasteiger partial charge in [0.25, 0.3) is 0 Å². The number of rotatable bonds is 3. The minimum atomic E-state index is -0.383. The number of nitrogens with two attached hydrogens (primary N) is 2. The van der Waals surface area contributed by atoms with E-state index in [1.54, 1.807) is 0 Å². The van der Waals surface area contributed by atoms with Crippen LogP contribution in [0.15, 0.2) is 12.3 Å². The minimum absolute atomic E-state index is 0.0387. The van der Waals surface area contributed by atoms with Crippen LogP contribution in [0, 0.1) is 5.82 Å². The van der Waals surface area contributed by atoms with Gasteiger partial charge in [-0.1, -0.05) is 0 Å². The molecule has 4 nitrogen and oxygen atoms in total. The number of pyridine rings is 1. The van der Waals surface area contributed by atoms with Crippen LogP contribution >= 0.6 is 0 Å². The van der Waals surface area contributed by atoms with E-state index in [0.717, 1.165) is 6.20 Å². The fourth-order valence-electron chi connectivity index (χ4n) is 1.20. The summed E-state index contributed by atoms with van der Waals surface area (Å²) in [5.74, 6) is -0.0364. The van der Waals surface area contributed by atoms with E-state index in [1.165, 1.54) is 6.07 Å². The lowest BCUT2D eigenvalue weighted by molar-refractivity contribution is 0.269. The Morgan fingerprint density at radius 2 is 2.29 bits per heavy atom. The molecule has 78 valence electrons. The topological polar surface area (TPSA) is 68.2 Å². The molecule has 4 N–H and O–H groups in total. The minimum Gasteiger partial charge on any atom is -0.383 e. The summed E-state index contributed by atoms with van der Waals surface area (Å²) in [5, 5.41) is 0. The molecule has 0 radical (unpaired) electrons. The lowest BCUT2D eigenvalue weighted by Crippen LogP contribution is -2.29. The van der Waals surface area contributed by atoms with Gasteiger partial charge in [-0.2, -0.15) is 0 Å². The summed E-state index contributed by atoms with van der Waals surface area (Å²) in [7, 11) is 1.84. The molecular weight excluding hydrogens is 183 g/mol. The van der Waals surface area contributed by atoms with Crippen molar-refractivity contribution >= 4 is 5.82 Å². The Balaban J connectivity index is 2.99. The molecule has 0 saturated carbocycles. The summed E-state index contributed by atoms with van der Waals surface area (Å²) < 4.78 is 12.9. The van der Waals surface area contributed by atoms with Crippen molar-refractivity contribution in [2.24, 2.45) is 5.73 Å². The Hall–Kier alpha value is -1.20. The van der Waals surface area contributed by atoms with Crippen LogP contribution < -0.4 is 11.5 Å². The molecule has 0 aliphatic rings. The van der Waals surface area contributed by atoms with Gasteiger partial charge in [-0.15, -0.1) is 0 Å². The molecule has 0 aliphatic heterocycles. The molecule has 5 heteroatoms. The van der Waals surface area contributed by atoms with Crippen LogP contribution in [0.3, 0.4) is 0 Å². The van der Waals surface area contributed by atoms with E-state index >= 15 is 0 Å². The van der Waals surface area contributed by atoms with Crippen LogP contribution in [0.2, 0.25) is 0 Å². The van der Waals surface area contributed by atoms with Gasteiger partial charge in [0.2, 0.25) is 0 Å². The summed E-state index contributed by atoms with van der Waals surface area (Å²) in [6.45, 7) is 2.29. The van der Waals surface area contributed by atoms with Crippen LogP contribution in [0.4, 0.5) is 10.2 Å². The number of hydrogen-bond acceptors (Lipinski definition) is 4. The zero-order valence-electron chi connectivity index (χ0n) is 8.37. The SMILES string of the molecule is CC(c1cc(F)cnc1N)N(C)CN. The van der Waals surface area contributed by atoms with Crippen LogP contribution in [-0.4, -0.2) is 23.6 Å². The molecule has 1 rings (SSSR count). The first-order valence-electron chi connectivity index (χ1n) is 4.37. The van der Waals surface area contributed by atoms with Crippen molar-refractivity contribution in [2.45, 2.75) is 13.0 Å². The predicted molar refractivity (Wildman–Crippen MR) is 53.8 cm³/mol. The Kier molecular flexibility index (Phi) is 3.38. The number of halogens is 1. The monoisotopic (exact) mass is 198 g/mol. The molecule has 0 saturated heterocycles. The van der Waals surface area contributed by atoms with Crippen LogP contribution in [-0.2, 0) is 0 Å². The van der Waals surface area contributed by atoms with E-state index in [0.29, 0.717) is 18.1 Å². The fraction of sp³-hybridized carbons (Fsp3) is 0.444. The van der Waals surface area contributed by atoms with Crippen molar-refractivity contribution in [1.29, 1.82) is 0 Å². The Morgan fingerprint density at radius 3 is 2.86 bits per heavy atom. The normalized spacial score (nSPS) is 13.2. The first kappa shape index (κ1) is 10.9. The molecule has 1 atom stereocenters. The number of aromatic nitrogens is 1.